The lowest BCUT2D eigenvalue weighted by Gasteiger charge is -2.16. The number of carbonyl (C=O) groups excluding carboxylic acids is 1. The first-order valence-electron chi connectivity index (χ1n) is 9.59. The zero-order valence-corrected chi connectivity index (χ0v) is 17.5. The molecule has 6 heteroatoms. The summed E-state index contributed by atoms with van der Waals surface area (Å²) in [6.07, 6.45) is 11.0. The van der Waals surface area contributed by atoms with Crippen LogP contribution in [0.5, 0.6) is 0 Å². The Morgan fingerprint density at radius 3 is 2.50 bits per heavy atom. The van der Waals surface area contributed by atoms with Crippen molar-refractivity contribution < 1.29 is 4.79 Å². The molecule has 1 heterocycles. The van der Waals surface area contributed by atoms with Crippen molar-refractivity contribution in [3.8, 4) is 0 Å². The van der Waals surface area contributed by atoms with Crippen LogP contribution in [0.15, 0.2) is 4.99 Å². The third-order valence-corrected chi connectivity index (χ3v) is 4.95. The molecule has 1 saturated carbocycles. The number of nitrogens with zero attached hydrogens (tertiary/aromatic N) is 2. The van der Waals surface area contributed by atoms with Gasteiger partial charge < -0.3 is 15.5 Å². The van der Waals surface area contributed by atoms with Crippen LogP contribution in [0.2, 0.25) is 0 Å². The predicted molar refractivity (Wildman–Crippen MR) is 111 cm³/mol. The highest BCUT2D eigenvalue weighted by Crippen LogP contribution is 2.28. The van der Waals surface area contributed by atoms with Crippen molar-refractivity contribution >= 4 is 35.8 Å². The molecule has 0 unspecified atom stereocenters. The zero-order valence-electron chi connectivity index (χ0n) is 15.2. The van der Waals surface area contributed by atoms with Crippen molar-refractivity contribution in [2.24, 2.45) is 10.9 Å². The maximum absolute atomic E-state index is 12.0. The molecule has 24 heavy (non-hydrogen) atoms. The first kappa shape index (κ1) is 21.5. The van der Waals surface area contributed by atoms with Crippen molar-refractivity contribution in [2.75, 3.05) is 32.7 Å². The van der Waals surface area contributed by atoms with Crippen LogP contribution in [0.1, 0.15) is 64.7 Å². The van der Waals surface area contributed by atoms with Gasteiger partial charge in [0.05, 0.1) is 0 Å². The van der Waals surface area contributed by atoms with E-state index >= 15 is 0 Å². The van der Waals surface area contributed by atoms with Crippen molar-refractivity contribution in [2.45, 2.75) is 64.7 Å². The van der Waals surface area contributed by atoms with E-state index in [9.17, 15) is 4.79 Å². The van der Waals surface area contributed by atoms with Crippen LogP contribution in [0.3, 0.4) is 0 Å². The van der Waals surface area contributed by atoms with E-state index in [4.69, 9.17) is 0 Å². The average molecular weight is 450 g/mol. The van der Waals surface area contributed by atoms with Crippen LogP contribution in [-0.2, 0) is 4.79 Å². The summed E-state index contributed by atoms with van der Waals surface area (Å²) < 4.78 is 0. The first-order chi connectivity index (χ1) is 11.3. The molecule has 5 nitrogen and oxygen atoms in total. The maximum atomic E-state index is 12.0. The number of hydrogen-bond donors (Lipinski definition) is 2. The third-order valence-electron chi connectivity index (χ3n) is 4.95. The van der Waals surface area contributed by atoms with Crippen LogP contribution in [0.25, 0.3) is 0 Å². The number of hydrogen-bond acceptors (Lipinski definition) is 2. The number of rotatable bonds is 8. The fourth-order valence-electron chi connectivity index (χ4n) is 3.62. The van der Waals surface area contributed by atoms with Gasteiger partial charge in [0.15, 0.2) is 5.96 Å². The van der Waals surface area contributed by atoms with Crippen molar-refractivity contribution in [1.29, 1.82) is 0 Å². The molecule has 0 aromatic heterocycles. The van der Waals surface area contributed by atoms with E-state index in [1.165, 1.54) is 38.5 Å². The largest absolute Gasteiger partial charge is 0.357 e. The van der Waals surface area contributed by atoms with Crippen molar-refractivity contribution in [3.05, 3.63) is 0 Å². The highest BCUT2D eigenvalue weighted by atomic mass is 127. The van der Waals surface area contributed by atoms with Crippen molar-refractivity contribution in [3.63, 3.8) is 0 Å². The lowest BCUT2D eigenvalue weighted by molar-refractivity contribution is -0.129. The van der Waals surface area contributed by atoms with E-state index in [-0.39, 0.29) is 29.9 Å². The Morgan fingerprint density at radius 2 is 1.83 bits per heavy atom. The summed E-state index contributed by atoms with van der Waals surface area (Å²) in [6, 6.07) is 0. The van der Waals surface area contributed by atoms with Crippen LogP contribution >= 0.6 is 24.0 Å². The molecule has 1 saturated heterocycles. The monoisotopic (exact) mass is 450 g/mol. The molecular formula is C18H35IN4O. The van der Waals surface area contributed by atoms with E-state index < -0.39 is 0 Å². The summed E-state index contributed by atoms with van der Waals surface area (Å²) in [5.74, 6) is 2.07. The van der Waals surface area contributed by atoms with E-state index in [1.54, 1.807) is 0 Å². The van der Waals surface area contributed by atoms with Crippen LogP contribution < -0.4 is 10.6 Å². The Hall–Kier alpha value is -0.530. The Bertz CT molecular complexity index is 377. The fraction of sp³-hybridized carbons (Fsp3) is 0.889. The van der Waals surface area contributed by atoms with Gasteiger partial charge >= 0.3 is 0 Å². The van der Waals surface area contributed by atoms with Gasteiger partial charge in [-0.2, -0.15) is 0 Å². The van der Waals surface area contributed by atoms with Gasteiger partial charge in [0.2, 0.25) is 5.91 Å². The fourth-order valence-corrected chi connectivity index (χ4v) is 3.62. The van der Waals surface area contributed by atoms with Gasteiger partial charge in [0.1, 0.15) is 0 Å². The first-order valence-corrected chi connectivity index (χ1v) is 9.59. The second-order valence-electron chi connectivity index (χ2n) is 6.82. The minimum absolute atomic E-state index is 0. The summed E-state index contributed by atoms with van der Waals surface area (Å²) in [5, 5.41) is 6.56. The molecule has 1 aliphatic carbocycles. The molecule has 2 rings (SSSR count). The van der Waals surface area contributed by atoms with Gasteiger partial charge in [-0.25, -0.2) is 0 Å². The molecular weight excluding hydrogens is 415 g/mol. The molecule has 0 atom stereocenters. The quantitative estimate of drug-likeness (QED) is 0.259. The molecule has 0 aromatic rings. The molecule has 1 amide bonds. The predicted octanol–water partition coefficient (Wildman–Crippen LogP) is 3.14. The summed E-state index contributed by atoms with van der Waals surface area (Å²) in [5.41, 5.74) is 0. The second-order valence-corrected chi connectivity index (χ2v) is 6.82. The topological polar surface area (TPSA) is 56.7 Å². The molecule has 0 spiro atoms. The highest BCUT2D eigenvalue weighted by molar-refractivity contribution is 14.0. The average Bonchev–Trinajstić information content (AvgIpc) is 3.24. The van der Waals surface area contributed by atoms with E-state index in [0.29, 0.717) is 13.0 Å². The van der Waals surface area contributed by atoms with E-state index in [1.807, 2.05) is 4.90 Å². The number of guanidine groups is 1. The molecule has 2 aliphatic rings. The molecule has 1 aliphatic heterocycles. The third kappa shape index (κ3) is 8.03. The SMILES string of the molecule is CCNC(=NCCCC1CCCC1)NCCC(=O)N1CCCC1.I. The normalized spacial score (nSPS) is 18.5. The number of nitrogens with one attached hydrogen (secondary N) is 2. The highest BCUT2D eigenvalue weighted by Gasteiger charge is 2.17. The van der Waals surface area contributed by atoms with Gasteiger partial charge in [-0.05, 0) is 38.5 Å². The minimum Gasteiger partial charge on any atom is -0.357 e. The standard InChI is InChI=1S/C18H34N4O.HI/c1-2-19-18(20-12-7-10-16-8-3-4-9-16)21-13-11-17(23)22-14-5-6-15-22;/h16H,2-15H2,1H3,(H2,19,20,21);1H. The van der Waals surface area contributed by atoms with Crippen LogP contribution in [-0.4, -0.2) is 49.5 Å². The number of amides is 1. The lowest BCUT2D eigenvalue weighted by Crippen LogP contribution is -2.39. The summed E-state index contributed by atoms with van der Waals surface area (Å²) in [7, 11) is 0. The van der Waals surface area contributed by atoms with Gasteiger partial charge in [-0.1, -0.05) is 25.7 Å². The van der Waals surface area contributed by atoms with Gasteiger partial charge in [0, 0.05) is 39.1 Å². The molecule has 2 fully saturated rings. The van der Waals surface area contributed by atoms with Gasteiger partial charge in [0.25, 0.3) is 0 Å². The summed E-state index contributed by atoms with van der Waals surface area (Å²) >= 11 is 0. The van der Waals surface area contributed by atoms with Gasteiger partial charge in [-0.3, -0.25) is 9.79 Å². The molecule has 2 N–H and O–H groups in total. The van der Waals surface area contributed by atoms with Gasteiger partial charge in [-0.15, -0.1) is 24.0 Å². The molecule has 0 aromatic carbocycles. The molecule has 0 radical (unpaired) electrons. The van der Waals surface area contributed by atoms with E-state index in [2.05, 4.69) is 22.5 Å². The summed E-state index contributed by atoms with van der Waals surface area (Å²) in [4.78, 5) is 18.6. The second kappa shape index (κ2) is 12.8. The number of aliphatic imine (C=N–C) groups is 1. The Kier molecular flexibility index (Phi) is 11.5. The smallest absolute Gasteiger partial charge is 0.224 e. The lowest BCUT2D eigenvalue weighted by atomic mass is 10.0. The Labute approximate surface area is 164 Å². The number of carbonyl (C=O) groups is 1. The number of likely N-dealkylation sites (tertiary alicyclic amines) is 1. The molecule has 0 bridgehead atoms. The Morgan fingerprint density at radius 1 is 1.12 bits per heavy atom. The zero-order chi connectivity index (χ0) is 16.3. The van der Waals surface area contributed by atoms with E-state index in [0.717, 1.165) is 50.9 Å². The van der Waals surface area contributed by atoms with Crippen LogP contribution in [0.4, 0.5) is 0 Å². The minimum atomic E-state index is 0. The Balaban J connectivity index is 0.00000288. The number of halogens is 1. The molecule has 140 valence electrons. The maximum Gasteiger partial charge on any atom is 0.224 e. The van der Waals surface area contributed by atoms with Crippen LogP contribution in [0, 0.1) is 5.92 Å². The summed E-state index contributed by atoms with van der Waals surface area (Å²) in [6.45, 7) is 6.36. The van der Waals surface area contributed by atoms with Crippen molar-refractivity contribution in [1.82, 2.24) is 15.5 Å².